The zero-order chi connectivity index (χ0) is 14.9. The fourth-order valence-corrected chi connectivity index (χ4v) is 6.52. The predicted molar refractivity (Wildman–Crippen MR) is 89.5 cm³/mol. The Hall–Kier alpha value is -0.0800. The average Bonchev–Trinajstić information content (AvgIpc) is 3.21. The summed E-state index contributed by atoms with van der Waals surface area (Å²) in [6, 6.07) is 2.49. The van der Waals surface area contributed by atoms with E-state index in [0.717, 1.165) is 23.6 Å². The van der Waals surface area contributed by atoms with E-state index in [-0.39, 0.29) is 0 Å². The molecule has 3 rings (SSSR count). The van der Waals surface area contributed by atoms with Gasteiger partial charge in [-0.25, -0.2) is 8.42 Å². The van der Waals surface area contributed by atoms with Gasteiger partial charge in [-0.05, 0) is 25.3 Å². The van der Waals surface area contributed by atoms with Gasteiger partial charge in [-0.1, -0.05) is 6.92 Å². The smallest absolute Gasteiger partial charge is 0.243 e. The van der Waals surface area contributed by atoms with E-state index in [0.29, 0.717) is 29.3 Å². The van der Waals surface area contributed by atoms with E-state index in [1.807, 2.05) is 17.8 Å². The molecule has 0 bridgehead atoms. The average molecular weight is 347 g/mol. The van der Waals surface area contributed by atoms with Gasteiger partial charge in [0.15, 0.2) is 0 Å². The van der Waals surface area contributed by atoms with Crippen LogP contribution in [0.2, 0.25) is 0 Å². The van der Waals surface area contributed by atoms with Crippen LogP contribution in [0.1, 0.15) is 31.1 Å². The topological polar surface area (TPSA) is 49.4 Å². The fourth-order valence-electron chi connectivity index (χ4n) is 2.43. The number of thioether (sulfide) groups is 1. The quantitative estimate of drug-likeness (QED) is 0.860. The summed E-state index contributed by atoms with van der Waals surface area (Å²) in [5.74, 6) is 0.901. The first kappa shape index (κ1) is 15.8. The van der Waals surface area contributed by atoms with Crippen molar-refractivity contribution in [1.29, 1.82) is 0 Å². The molecule has 21 heavy (non-hydrogen) atoms. The van der Waals surface area contributed by atoms with Crippen molar-refractivity contribution in [2.75, 3.05) is 18.8 Å². The Bertz CT molecular complexity index is 581. The van der Waals surface area contributed by atoms with Crippen LogP contribution >= 0.6 is 23.1 Å². The Morgan fingerprint density at radius 3 is 2.95 bits per heavy atom. The molecule has 1 unspecified atom stereocenters. The number of rotatable bonds is 6. The van der Waals surface area contributed by atoms with Crippen LogP contribution in [0.4, 0.5) is 0 Å². The third-order valence-electron chi connectivity index (χ3n) is 3.97. The van der Waals surface area contributed by atoms with Crippen LogP contribution < -0.4 is 5.32 Å². The number of hydrogen-bond donors (Lipinski definition) is 1. The second-order valence-corrected chi connectivity index (χ2v) is 10.0. The molecule has 4 nitrogen and oxygen atoms in total. The first-order chi connectivity index (χ1) is 10.1. The summed E-state index contributed by atoms with van der Waals surface area (Å²) in [6.45, 7) is 4.20. The zero-order valence-electron chi connectivity index (χ0n) is 12.2. The normalized spacial score (nSPS) is 24.3. The van der Waals surface area contributed by atoms with E-state index >= 15 is 0 Å². The largest absolute Gasteiger partial charge is 0.309 e. The van der Waals surface area contributed by atoms with E-state index in [1.165, 1.54) is 12.8 Å². The molecule has 2 aliphatic rings. The minimum atomic E-state index is -3.30. The second kappa shape index (κ2) is 6.58. The summed E-state index contributed by atoms with van der Waals surface area (Å²) in [6.07, 6.45) is 3.53. The van der Waals surface area contributed by atoms with Crippen molar-refractivity contribution in [3.63, 3.8) is 0 Å². The number of sulfonamides is 1. The summed E-state index contributed by atoms with van der Waals surface area (Å²) in [4.78, 5) is 1.58. The van der Waals surface area contributed by atoms with Crippen LogP contribution in [-0.2, 0) is 16.6 Å². The van der Waals surface area contributed by atoms with Gasteiger partial charge in [-0.2, -0.15) is 16.1 Å². The Morgan fingerprint density at radius 2 is 2.24 bits per heavy atom. The van der Waals surface area contributed by atoms with E-state index < -0.39 is 10.0 Å². The predicted octanol–water partition coefficient (Wildman–Crippen LogP) is 2.52. The molecule has 1 aromatic heterocycles. The van der Waals surface area contributed by atoms with Gasteiger partial charge >= 0.3 is 0 Å². The summed E-state index contributed by atoms with van der Waals surface area (Å²) in [7, 11) is -3.30. The maximum Gasteiger partial charge on any atom is 0.243 e. The number of nitrogens with zero attached hydrogens (tertiary/aromatic N) is 1. The summed E-state index contributed by atoms with van der Waals surface area (Å²) < 4.78 is 27.1. The Labute approximate surface area is 135 Å². The lowest BCUT2D eigenvalue weighted by Crippen LogP contribution is -2.41. The molecule has 0 aromatic carbocycles. The van der Waals surface area contributed by atoms with Gasteiger partial charge in [0.1, 0.15) is 0 Å². The highest BCUT2D eigenvalue weighted by Gasteiger charge is 2.30. The maximum absolute atomic E-state index is 12.7. The van der Waals surface area contributed by atoms with Gasteiger partial charge in [0.05, 0.1) is 4.90 Å². The molecule has 1 aliphatic carbocycles. The highest BCUT2D eigenvalue weighted by molar-refractivity contribution is 8.00. The van der Waals surface area contributed by atoms with E-state index in [2.05, 4.69) is 12.2 Å². The molecule has 1 aromatic rings. The molecular formula is C14H22N2O2S3. The highest BCUT2D eigenvalue weighted by atomic mass is 32.2. The number of hydrogen-bond acceptors (Lipinski definition) is 5. The third-order valence-corrected chi connectivity index (χ3v) is 8.27. The van der Waals surface area contributed by atoms with Crippen LogP contribution in [0.15, 0.2) is 16.3 Å². The molecule has 1 N–H and O–H groups in total. The summed E-state index contributed by atoms with van der Waals surface area (Å²) in [5.41, 5.74) is 0. The zero-order valence-corrected chi connectivity index (χ0v) is 14.7. The summed E-state index contributed by atoms with van der Waals surface area (Å²) in [5, 5.41) is 5.66. The third kappa shape index (κ3) is 3.82. The molecule has 1 saturated heterocycles. The fraction of sp³-hybridized carbons (Fsp3) is 0.714. The number of nitrogens with one attached hydrogen (secondary N) is 1. The SMILES string of the molecule is CCC1CN(S(=O)(=O)c2csc(CNC3CC3)c2)CCS1. The Kier molecular flexibility index (Phi) is 4.95. The second-order valence-electron chi connectivity index (χ2n) is 5.67. The molecule has 2 fully saturated rings. The van der Waals surface area contributed by atoms with Gasteiger partial charge in [0, 0.05) is 46.9 Å². The highest BCUT2D eigenvalue weighted by Crippen LogP contribution is 2.29. The lowest BCUT2D eigenvalue weighted by molar-refractivity contribution is 0.416. The standard InChI is InChI=1S/C14H22N2O2S3/c1-2-12-9-16(5-6-19-12)21(17,18)14-7-13(20-10-14)8-15-11-3-4-11/h7,10-12,15H,2-6,8-9H2,1H3. The van der Waals surface area contributed by atoms with Gasteiger partial charge in [0.25, 0.3) is 0 Å². The van der Waals surface area contributed by atoms with E-state index in [9.17, 15) is 8.42 Å². The molecule has 0 amide bonds. The van der Waals surface area contributed by atoms with Crippen molar-refractivity contribution in [2.24, 2.45) is 0 Å². The monoisotopic (exact) mass is 346 g/mol. The molecule has 2 heterocycles. The van der Waals surface area contributed by atoms with Gasteiger partial charge < -0.3 is 5.32 Å². The van der Waals surface area contributed by atoms with Crippen LogP contribution in [0.25, 0.3) is 0 Å². The van der Waals surface area contributed by atoms with Crippen LogP contribution in [-0.4, -0.2) is 42.9 Å². The maximum atomic E-state index is 12.7. The van der Waals surface area contributed by atoms with E-state index in [1.54, 1.807) is 21.0 Å². The molecule has 1 saturated carbocycles. The molecular weight excluding hydrogens is 324 g/mol. The summed E-state index contributed by atoms with van der Waals surface area (Å²) >= 11 is 3.43. The first-order valence-electron chi connectivity index (χ1n) is 7.52. The van der Waals surface area contributed by atoms with Gasteiger partial charge in [-0.3, -0.25) is 0 Å². The first-order valence-corrected chi connectivity index (χ1v) is 10.9. The van der Waals surface area contributed by atoms with Crippen LogP contribution in [0.3, 0.4) is 0 Å². The number of thiophene rings is 1. The lowest BCUT2D eigenvalue weighted by atomic mass is 10.3. The van der Waals surface area contributed by atoms with Crippen molar-refractivity contribution < 1.29 is 8.42 Å². The van der Waals surface area contributed by atoms with Crippen LogP contribution in [0.5, 0.6) is 0 Å². The van der Waals surface area contributed by atoms with Gasteiger partial charge in [-0.15, -0.1) is 11.3 Å². The van der Waals surface area contributed by atoms with Crippen molar-refractivity contribution in [1.82, 2.24) is 9.62 Å². The minimum absolute atomic E-state index is 0.433. The van der Waals surface area contributed by atoms with Crippen molar-refractivity contribution in [2.45, 2.75) is 48.9 Å². The molecule has 118 valence electrons. The lowest BCUT2D eigenvalue weighted by Gasteiger charge is -2.30. The van der Waals surface area contributed by atoms with Crippen molar-refractivity contribution >= 4 is 33.1 Å². The molecule has 1 aliphatic heterocycles. The Morgan fingerprint density at radius 1 is 1.43 bits per heavy atom. The minimum Gasteiger partial charge on any atom is -0.309 e. The molecule has 7 heteroatoms. The molecule has 0 spiro atoms. The van der Waals surface area contributed by atoms with Gasteiger partial charge in [0.2, 0.25) is 10.0 Å². The molecule has 1 atom stereocenters. The van der Waals surface area contributed by atoms with Crippen molar-refractivity contribution in [3.8, 4) is 0 Å². The van der Waals surface area contributed by atoms with Crippen molar-refractivity contribution in [3.05, 3.63) is 16.3 Å². The Balaban J connectivity index is 1.68. The van der Waals surface area contributed by atoms with Crippen LogP contribution in [0, 0.1) is 0 Å². The van der Waals surface area contributed by atoms with E-state index in [4.69, 9.17) is 0 Å². The molecule has 0 radical (unpaired) electrons.